The largest absolute Gasteiger partial charge is 0.352 e. The Morgan fingerprint density at radius 2 is 1.93 bits per heavy atom. The Bertz CT molecular complexity index is 856. The average Bonchev–Trinajstić information content (AvgIpc) is 3.16. The zero-order valence-electron chi connectivity index (χ0n) is 16.5. The number of benzene rings is 2. The van der Waals surface area contributed by atoms with Gasteiger partial charge in [-0.1, -0.05) is 35.9 Å². The van der Waals surface area contributed by atoms with Gasteiger partial charge in [-0.05, 0) is 49.5 Å². The van der Waals surface area contributed by atoms with Crippen molar-refractivity contribution >= 4 is 29.1 Å². The molecule has 4 N–H and O–H groups in total. The van der Waals surface area contributed by atoms with E-state index in [4.69, 9.17) is 11.6 Å². The van der Waals surface area contributed by atoms with Gasteiger partial charge in [0.1, 0.15) is 0 Å². The molecular formula is C21H26ClN5O2. The van der Waals surface area contributed by atoms with Gasteiger partial charge in [-0.15, -0.1) is 0 Å². The normalized spacial score (nSPS) is 18.6. The minimum atomic E-state index is -0.237. The predicted molar refractivity (Wildman–Crippen MR) is 114 cm³/mol. The maximum absolute atomic E-state index is 12.8. The number of amides is 2. The lowest BCUT2D eigenvalue weighted by atomic mass is 9.94. The van der Waals surface area contributed by atoms with Crippen LogP contribution in [0.1, 0.15) is 17.2 Å². The number of halogens is 1. The van der Waals surface area contributed by atoms with Crippen LogP contribution in [0.25, 0.3) is 0 Å². The molecule has 8 heteroatoms. The molecular weight excluding hydrogens is 390 g/mol. The fourth-order valence-corrected chi connectivity index (χ4v) is 3.42. The zero-order valence-corrected chi connectivity index (χ0v) is 17.3. The first-order valence-corrected chi connectivity index (χ1v) is 9.85. The third kappa shape index (κ3) is 6.01. The third-order valence-corrected chi connectivity index (χ3v) is 4.94. The SMILES string of the molecule is CN(C)CC(=O)Nc1cccc(CNC(=O)C2CNNC2c2ccc(Cl)cc2)c1. The van der Waals surface area contributed by atoms with Crippen LogP contribution >= 0.6 is 11.6 Å². The first kappa shape index (κ1) is 21.3. The van der Waals surface area contributed by atoms with Crippen LogP contribution in [-0.4, -0.2) is 43.9 Å². The van der Waals surface area contributed by atoms with E-state index in [2.05, 4.69) is 21.5 Å². The summed E-state index contributed by atoms with van der Waals surface area (Å²) in [6.07, 6.45) is 0. The van der Waals surface area contributed by atoms with Gasteiger partial charge in [-0.3, -0.25) is 15.0 Å². The van der Waals surface area contributed by atoms with Crippen molar-refractivity contribution in [1.29, 1.82) is 0 Å². The van der Waals surface area contributed by atoms with E-state index in [-0.39, 0.29) is 23.8 Å². The van der Waals surface area contributed by atoms with Crippen LogP contribution in [0.3, 0.4) is 0 Å². The fourth-order valence-electron chi connectivity index (χ4n) is 3.29. The Balaban J connectivity index is 1.58. The lowest BCUT2D eigenvalue weighted by Crippen LogP contribution is -2.34. The van der Waals surface area contributed by atoms with Crippen LogP contribution in [0.15, 0.2) is 48.5 Å². The van der Waals surface area contributed by atoms with Gasteiger partial charge < -0.3 is 15.5 Å². The second kappa shape index (κ2) is 9.84. The smallest absolute Gasteiger partial charge is 0.238 e. The lowest BCUT2D eigenvalue weighted by Gasteiger charge is -2.19. The van der Waals surface area contributed by atoms with Crippen molar-refractivity contribution in [2.75, 3.05) is 32.5 Å². The molecule has 0 bridgehead atoms. The Hall–Kier alpha value is -2.45. The molecule has 1 aliphatic heterocycles. The number of nitrogens with one attached hydrogen (secondary N) is 4. The van der Waals surface area contributed by atoms with Gasteiger partial charge in [0.05, 0.1) is 18.5 Å². The monoisotopic (exact) mass is 415 g/mol. The van der Waals surface area contributed by atoms with Crippen LogP contribution in [-0.2, 0) is 16.1 Å². The average molecular weight is 416 g/mol. The highest BCUT2D eigenvalue weighted by atomic mass is 35.5. The molecule has 154 valence electrons. The minimum Gasteiger partial charge on any atom is -0.352 e. The molecule has 29 heavy (non-hydrogen) atoms. The maximum atomic E-state index is 12.8. The molecule has 2 amide bonds. The van der Waals surface area contributed by atoms with E-state index < -0.39 is 0 Å². The van der Waals surface area contributed by atoms with Crippen molar-refractivity contribution in [3.63, 3.8) is 0 Å². The molecule has 0 spiro atoms. The minimum absolute atomic E-state index is 0.0375. The first-order chi connectivity index (χ1) is 13.9. The van der Waals surface area contributed by atoms with E-state index in [1.165, 1.54) is 0 Å². The number of nitrogens with zero attached hydrogens (tertiary/aromatic N) is 1. The number of rotatable bonds is 7. The number of carbonyl (C=O) groups excluding carboxylic acids is 2. The summed E-state index contributed by atoms with van der Waals surface area (Å²) in [5.74, 6) is -0.353. The summed E-state index contributed by atoms with van der Waals surface area (Å²) in [6, 6.07) is 14.9. The van der Waals surface area contributed by atoms with Crippen LogP contribution in [0.5, 0.6) is 0 Å². The van der Waals surface area contributed by atoms with Crippen molar-refractivity contribution < 1.29 is 9.59 Å². The van der Waals surface area contributed by atoms with Gasteiger partial charge in [0.2, 0.25) is 11.8 Å². The molecule has 0 aromatic heterocycles. The van der Waals surface area contributed by atoms with E-state index in [1.807, 2.05) is 62.6 Å². The fraction of sp³-hybridized carbons (Fsp3) is 0.333. The summed E-state index contributed by atoms with van der Waals surface area (Å²) < 4.78 is 0. The Morgan fingerprint density at radius 3 is 2.66 bits per heavy atom. The maximum Gasteiger partial charge on any atom is 0.238 e. The quantitative estimate of drug-likeness (QED) is 0.555. The standard InChI is InChI=1S/C21H26ClN5O2/c1-27(2)13-19(28)25-17-5-3-4-14(10-17)11-23-21(29)18-12-24-26-20(18)15-6-8-16(22)9-7-15/h3-10,18,20,24,26H,11-13H2,1-2H3,(H,23,29)(H,25,28). The summed E-state index contributed by atoms with van der Waals surface area (Å²) in [7, 11) is 3.69. The molecule has 1 fully saturated rings. The van der Waals surface area contributed by atoms with Gasteiger partial charge >= 0.3 is 0 Å². The Labute approximate surface area is 175 Å². The number of anilines is 1. The van der Waals surface area contributed by atoms with Crippen LogP contribution in [0.4, 0.5) is 5.69 Å². The van der Waals surface area contributed by atoms with Crippen molar-refractivity contribution in [3.05, 3.63) is 64.7 Å². The highest BCUT2D eigenvalue weighted by molar-refractivity contribution is 6.30. The van der Waals surface area contributed by atoms with Gasteiger partial charge in [0, 0.05) is 23.8 Å². The van der Waals surface area contributed by atoms with E-state index in [1.54, 1.807) is 4.90 Å². The molecule has 0 saturated carbocycles. The molecule has 1 aliphatic rings. The van der Waals surface area contributed by atoms with Crippen LogP contribution in [0, 0.1) is 5.92 Å². The molecule has 3 rings (SSSR count). The molecule has 0 radical (unpaired) electrons. The van der Waals surface area contributed by atoms with Gasteiger partial charge in [-0.2, -0.15) is 0 Å². The number of hydrazine groups is 1. The number of likely N-dealkylation sites (N-methyl/N-ethyl adjacent to an activating group) is 1. The highest BCUT2D eigenvalue weighted by Gasteiger charge is 2.33. The number of hydrogen-bond acceptors (Lipinski definition) is 5. The summed E-state index contributed by atoms with van der Waals surface area (Å²) >= 11 is 5.96. The third-order valence-electron chi connectivity index (χ3n) is 4.69. The lowest BCUT2D eigenvalue weighted by molar-refractivity contribution is -0.125. The second-order valence-corrected chi connectivity index (χ2v) is 7.80. The van der Waals surface area contributed by atoms with Gasteiger partial charge in [-0.25, -0.2) is 5.43 Å². The van der Waals surface area contributed by atoms with Crippen molar-refractivity contribution in [1.82, 2.24) is 21.1 Å². The first-order valence-electron chi connectivity index (χ1n) is 9.47. The summed E-state index contributed by atoms with van der Waals surface area (Å²) in [5, 5.41) is 6.53. The molecule has 1 saturated heterocycles. The molecule has 7 nitrogen and oxygen atoms in total. The number of hydrogen-bond donors (Lipinski definition) is 4. The molecule has 2 unspecified atom stereocenters. The zero-order chi connectivity index (χ0) is 20.8. The second-order valence-electron chi connectivity index (χ2n) is 7.37. The van der Waals surface area contributed by atoms with Crippen LogP contribution in [0.2, 0.25) is 5.02 Å². The Kier molecular flexibility index (Phi) is 7.22. The van der Waals surface area contributed by atoms with Crippen molar-refractivity contribution in [2.24, 2.45) is 5.92 Å². The molecule has 2 aromatic carbocycles. The molecule has 2 atom stereocenters. The van der Waals surface area contributed by atoms with Gasteiger partial charge in [0.15, 0.2) is 0 Å². The summed E-state index contributed by atoms with van der Waals surface area (Å²) in [5.41, 5.74) is 8.87. The Morgan fingerprint density at radius 1 is 1.17 bits per heavy atom. The molecule has 1 heterocycles. The predicted octanol–water partition coefficient (Wildman–Crippen LogP) is 1.92. The summed E-state index contributed by atoms with van der Waals surface area (Å²) in [6.45, 7) is 1.24. The highest BCUT2D eigenvalue weighted by Crippen LogP contribution is 2.26. The van der Waals surface area contributed by atoms with E-state index in [9.17, 15) is 9.59 Å². The number of carbonyl (C=O) groups is 2. The molecule has 0 aliphatic carbocycles. The van der Waals surface area contributed by atoms with Crippen LogP contribution < -0.4 is 21.5 Å². The van der Waals surface area contributed by atoms with Crippen molar-refractivity contribution in [2.45, 2.75) is 12.6 Å². The van der Waals surface area contributed by atoms with E-state index in [0.29, 0.717) is 30.3 Å². The van der Waals surface area contributed by atoms with Gasteiger partial charge in [0.25, 0.3) is 0 Å². The van der Waals surface area contributed by atoms with Crippen molar-refractivity contribution in [3.8, 4) is 0 Å². The van der Waals surface area contributed by atoms with E-state index in [0.717, 1.165) is 11.1 Å². The topological polar surface area (TPSA) is 85.5 Å². The summed E-state index contributed by atoms with van der Waals surface area (Å²) in [4.78, 5) is 26.5. The molecule has 2 aromatic rings. The van der Waals surface area contributed by atoms with E-state index >= 15 is 0 Å².